The molecular formula is C52H90O6. The summed E-state index contributed by atoms with van der Waals surface area (Å²) in [6, 6.07) is 0. The van der Waals surface area contributed by atoms with E-state index in [9.17, 15) is 14.4 Å². The van der Waals surface area contributed by atoms with Gasteiger partial charge in [0.05, 0.1) is 0 Å². The van der Waals surface area contributed by atoms with E-state index in [-0.39, 0.29) is 31.1 Å². The molecule has 6 heteroatoms. The number of ether oxygens (including phenoxy) is 3. The molecule has 0 aromatic heterocycles. The van der Waals surface area contributed by atoms with Crippen LogP contribution in [-0.2, 0) is 28.6 Å². The Balaban J connectivity index is 4.38. The van der Waals surface area contributed by atoms with Gasteiger partial charge in [-0.05, 0) is 96.3 Å². The Morgan fingerprint density at radius 1 is 0.362 bits per heavy atom. The molecule has 1 atom stereocenters. The summed E-state index contributed by atoms with van der Waals surface area (Å²) in [5.41, 5.74) is 0. The average molecular weight is 811 g/mol. The molecule has 334 valence electrons. The molecule has 0 amide bonds. The minimum absolute atomic E-state index is 0.0871. The second-order valence-corrected chi connectivity index (χ2v) is 16.0. The zero-order valence-corrected chi connectivity index (χ0v) is 38.0. The van der Waals surface area contributed by atoms with Crippen LogP contribution in [0.1, 0.15) is 233 Å². The summed E-state index contributed by atoms with van der Waals surface area (Å²) in [6.07, 6.45) is 56.3. The zero-order valence-electron chi connectivity index (χ0n) is 38.0. The fourth-order valence-electron chi connectivity index (χ4n) is 6.55. The summed E-state index contributed by atoms with van der Waals surface area (Å²) in [6.45, 7) is 6.43. The maximum absolute atomic E-state index is 12.7. The minimum atomic E-state index is -0.786. The van der Waals surface area contributed by atoms with Crippen molar-refractivity contribution in [2.24, 2.45) is 0 Å². The van der Waals surface area contributed by atoms with E-state index in [0.717, 1.165) is 109 Å². The van der Waals surface area contributed by atoms with Crippen molar-refractivity contribution in [3.63, 3.8) is 0 Å². The molecule has 0 radical (unpaired) electrons. The minimum Gasteiger partial charge on any atom is -0.462 e. The Labute approximate surface area is 358 Å². The first-order valence-electron chi connectivity index (χ1n) is 24.3. The molecule has 1 unspecified atom stereocenters. The third kappa shape index (κ3) is 44.2. The van der Waals surface area contributed by atoms with E-state index in [2.05, 4.69) is 81.5 Å². The van der Waals surface area contributed by atoms with Gasteiger partial charge in [-0.15, -0.1) is 0 Å². The van der Waals surface area contributed by atoms with Crippen LogP contribution in [0.5, 0.6) is 0 Å². The summed E-state index contributed by atoms with van der Waals surface area (Å²) in [5.74, 6) is -0.920. The van der Waals surface area contributed by atoms with Crippen molar-refractivity contribution in [2.75, 3.05) is 13.2 Å². The number of hydrogen-bond donors (Lipinski definition) is 0. The second-order valence-electron chi connectivity index (χ2n) is 16.0. The Morgan fingerprint density at radius 2 is 0.690 bits per heavy atom. The van der Waals surface area contributed by atoms with Gasteiger partial charge in [0.25, 0.3) is 0 Å². The topological polar surface area (TPSA) is 78.9 Å². The molecule has 0 spiro atoms. The molecular weight excluding hydrogens is 721 g/mol. The summed E-state index contributed by atoms with van der Waals surface area (Å²) in [7, 11) is 0. The van der Waals surface area contributed by atoms with Crippen LogP contribution < -0.4 is 0 Å². The van der Waals surface area contributed by atoms with Gasteiger partial charge in [-0.1, -0.05) is 178 Å². The van der Waals surface area contributed by atoms with Crippen LogP contribution in [0, 0.1) is 0 Å². The van der Waals surface area contributed by atoms with Gasteiger partial charge in [-0.3, -0.25) is 14.4 Å². The third-order valence-electron chi connectivity index (χ3n) is 10.2. The smallest absolute Gasteiger partial charge is 0.306 e. The molecule has 0 saturated carbocycles. The van der Waals surface area contributed by atoms with Crippen molar-refractivity contribution in [2.45, 2.75) is 239 Å². The quantitative estimate of drug-likeness (QED) is 0.0264. The lowest BCUT2D eigenvalue weighted by Gasteiger charge is -2.18. The Kier molecular flexibility index (Phi) is 44.5. The number of rotatable bonds is 43. The van der Waals surface area contributed by atoms with Crippen LogP contribution in [0.2, 0.25) is 0 Å². The lowest BCUT2D eigenvalue weighted by atomic mass is 10.1. The van der Waals surface area contributed by atoms with Crippen molar-refractivity contribution in [3.8, 4) is 0 Å². The van der Waals surface area contributed by atoms with Gasteiger partial charge in [-0.2, -0.15) is 0 Å². The summed E-state index contributed by atoms with van der Waals surface area (Å²) in [4.78, 5) is 37.8. The van der Waals surface area contributed by atoms with Crippen LogP contribution in [-0.4, -0.2) is 37.2 Å². The SMILES string of the molecule is CC/C=C\C/C=C\CCCCCCCC(=O)OC(COC(=O)CCCCCCC/C=C\CCCC)COC(=O)CCCCCCCCC/C=C\C/C=C\CCCCC. The molecule has 0 aliphatic heterocycles. The highest BCUT2D eigenvalue weighted by Crippen LogP contribution is 2.14. The van der Waals surface area contributed by atoms with E-state index in [0.29, 0.717) is 19.3 Å². The Hall–Kier alpha value is -2.89. The first kappa shape index (κ1) is 55.1. The lowest BCUT2D eigenvalue weighted by molar-refractivity contribution is -0.167. The molecule has 6 nitrogen and oxygen atoms in total. The third-order valence-corrected chi connectivity index (χ3v) is 10.2. The molecule has 0 saturated heterocycles. The number of unbranched alkanes of at least 4 members (excludes halogenated alkanes) is 22. The van der Waals surface area contributed by atoms with Crippen molar-refractivity contribution < 1.29 is 28.6 Å². The second kappa shape index (κ2) is 46.8. The zero-order chi connectivity index (χ0) is 42.3. The van der Waals surface area contributed by atoms with Gasteiger partial charge in [0.2, 0.25) is 0 Å². The number of esters is 3. The van der Waals surface area contributed by atoms with Crippen molar-refractivity contribution in [3.05, 3.63) is 60.8 Å². The van der Waals surface area contributed by atoms with Crippen LogP contribution in [0.15, 0.2) is 60.8 Å². The number of carbonyl (C=O) groups excluding carboxylic acids is 3. The van der Waals surface area contributed by atoms with Gasteiger partial charge >= 0.3 is 17.9 Å². The van der Waals surface area contributed by atoms with Crippen molar-refractivity contribution >= 4 is 17.9 Å². The average Bonchev–Trinajstić information content (AvgIpc) is 3.22. The highest BCUT2D eigenvalue weighted by atomic mass is 16.6. The Bertz CT molecular complexity index is 1070. The molecule has 0 N–H and O–H groups in total. The van der Waals surface area contributed by atoms with Gasteiger partial charge in [-0.25, -0.2) is 0 Å². The Morgan fingerprint density at radius 3 is 1.10 bits per heavy atom. The molecule has 0 heterocycles. The number of allylic oxidation sites excluding steroid dienone is 10. The van der Waals surface area contributed by atoms with E-state index >= 15 is 0 Å². The first-order valence-corrected chi connectivity index (χ1v) is 24.3. The molecule has 0 aromatic rings. The van der Waals surface area contributed by atoms with Crippen molar-refractivity contribution in [1.29, 1.82) is 0 Å². The van der Waals surface area contributed by atoms with E-state index in [1.807, 2.05) is 0 Å². The number of hydrogen-bond acceptors (Lipinski definition) is 6. The molecule has 0 bridgehead atoms. The predicted molar refractivity (Wildman–Crippen MR) is 247 cm³/mol. The maximum Gasteiger partial charge on any atom is 0.306 e. The van der Waals surface area contributed by atoms with Crippen molar-refractivity contribution in [1.82, 2.24) is 0 Å². The van der Waals surface area contributed by atoms with E-state index in [1.165, 1.54) is 83.5 Å². The fourth-order valence-corrected chi connectivity index (χ4v) is 6.55. The summed E-state index contributed by atoms with van der Waals surface area (Å²) in [5, 5.41) is 0. The summed E-state index contributed by atoms with van der Waals surface area (Å²) >= 11 is 0. The monoisotopic (exact) mass is 811 g/mol. The predicted octanol–water partition coefficient (Wildman–Crippen LogP) is 15.7. The highest BCUT2D eigenvalue weighted by molar-refractivity contribution is 5.71. The van der Waals surface area contributed by atoms with E-state index < -0.39 is 6.10 Å². The van der Waals surface area contributed by atoms with Gasteiger partial charge in [0.15, 0.2) is 6.10 Å². The van der Waals surface area contributed by atoms with Gasteiger partial charge in [0, 0.05) is 19.3 Å². The van der Waals surface area contributed by atoms with Crippen LogP contribution >= 0.6 is 0 Å². The molecule has 0 aromatic carbocycles. The molecule has 58 heavy (non-hydrogen) atoms. The van der Waals surface area contributed by atoms with Crippen LogP contribution in [0.3, 0.4) is 0 Å². The van der Waals surface area contributed by atoms with Crippen LogP contribution in [0.25, 0.3) is 0 Å². The summed E-state index contributed by atoms with van der Waals surface area (Å²) < 4.78 is 16.7. The van der Waals surface area contributed by atoms with E-state index in [1.54, 1.807) is 0 Å². The number of carbonyl (C=O) groups is 3. The fraction of sp³-hybridized carbons (Fsp3) is 0.750. The molecule has 0 rings (SSSR count). The largest absolute Gasteiger partial charge is 0.462 e. The molecule has 0 aliphatic carbocycles. The highest BCUT2D eigenvalue weighted by Gasteiger charge is 2.19. The first-order chi connectivity index (χ1) is 28.5. The molecule has 0 aliphatic rings. The van der Waals surface area contributed by atoms with Gasteiger partial charge < -0.3 is 14.2 Å². The van der Waals surface area contributed by atoms with Gasteiger partial charge in [0.1, 0.15) is 13.2 Å². The van der Waals surface area contributed by atoms with Crippen LogP contribution in [0.4, 0.5) is 0 Å². The maximum atomic E-state index is 12.7. The standard InChI is InChI=1S/C52H90O6/c1-4-7-10-13-16-19-22-24-25-26-27-28-31-33-36-39-42-45-51(54)57-48-49(47-56-50(53)44-41-38-35-32-29-21-18-15-12-9-6-3)58-52(55)46-43-40-37-34-30-23-20-17-14-11-8-5-2/h8,11,15-20,24-25,49H,4-7,9-10,12-14,21-23,26-48H2,1-3H3/b11-8-,18-15-,19-16-,20-17-,25-24-. The molecule has 0 fully saturated rings. The normalized spacial score (nSPS) is 12.5. The van der Waals surface area contributed by atoms with E-state index in [4.69, 9.17) is 14.2 Å². The lowest BCUT2D eigenvalue weighted by Crippen LogP contribution is -2.30.